The van der Waals surface area contributed by atoms with E-state index >= 15 is 0 Å². The molecular formula is C20H34O2. The molecule has 0 aliphatic heterocycles. The summed E-state index contributed by atoms with van der Waals surface area (Å²) in [5, 5.41) is 20.7. The number of hydrogen-bond acceptors (Lipinski definition) is 2. The van der Waals surface area contributed by atoms with Gasteiger partial charge in [0, 0.05) is 0 Å². The van der Waals surface area contributed by atoms with E-state index in [-0.39, 0.29) is 17.6 Å². The van der Waals surface area contributed by atoms with Crippen LogP contribution in [0.15, 0.2) is 0 Å². The molecule has 4 rings (SSSR count). The van der Waals surface area contributed by atoms with Gasteiger partial charge in [0.2, 0.25) is 0 Å². The molecule has 4 saturated carbocycles. The molecule has 0 saturated heterocycles. The van der Waals surface area contributed by atoms with Crippen molar-refractivity contribution in [2.75, 3.05) is 0 Å². The van der Waals surface area contributed by atoms with Gasteiger partial charge in [0.15, 0.2) is 0 Å². The smallest absolute Gasteiger partial charge is 0.0596 e. The summed E-state index contributed by atoms with van der Waals surface area (Å²) in [7, 11) is 0. The summed E-state index contributed by atoms with van der Waals surface area (Å²) in [6.45, 7) is 4.93. The van der Waals surface area contributed by atoms with E-state index < -0.39 is 0 Å². The first-order valence-electron chi connectivity index (χ1n) is 9.81. The van der Waals surface area contributed by atoms with Crippen molar-refractivity contribution in [1.29, 1.82) is 0 Å². The van der Waals surface area contributed by atoms with Gasteiger partial charge in [-0.25, -0.2) is 0 Å². The minimum absolute atomic E-state index is 0.0417. The van der Waals surface area contributed by atoms with Gasteiger partial charge in [0.25, 0.3) is 0 Å². The highest BCUT2D eigenvalue weighted by Crippen LogP contribution is 2.65. The zero-order chi connectivity index (χ0) is 15.5. The van der Waals surface area contributed by atoms with Crippen LogP contribution >= 0.6 is 0 Å². The molecule has 0 spiro atoms. The summed E-state index contributed by atoms with van der Waals surface area (Å²) in [5.74, 6) is 3.18. The van der Waals surface area contributed by atoms with E-state index in [2.05, 4.69) is 13.8 Å². The van der Waals surface area contributed by atoms with Gasteiger partial charge in [-0.2, -0.15) is 0 Å². The van der Waals surface area contributed by atoms with E-state index in [9.17, 15) is 10.2 Å². The third-order valence-electron chi connectivity index (χ3n) is 8.83. The topological polar surface area (TPSA) is 40.5 Å². The first-order valence-corrected chi connectivity index (χ1v) is 9.81. The highest BCUT2D eigenvalue weighted by Gasteiger charge is 2.58. The van der Waals surface area contributed by atoms with E-state index in [4.69, 9.17) is 0 Å². The molecular weight excluding hydrogens is 272 g/mol. The first-order chi connectivity index (χ1) is 10.4. The van der Waals surface area contributed by atoms with Crippen LogP contribution < -0.4 is 0 Å². The zero-order valence-electron chi connectivity index (χ0n) is 14.4. The fraction of sp³-hybridized carbons (Fsp3) is 1.00. The van der Waals surface area contributed by atoms with Crippen molar-refractivity contribution in [2.45, 2.75) is 90.3 Å². The Morgan fingerprint density at radius 2 is 1.50 bits per heavy atom. The second kappa shape index (κ2) is 5.21. The third kappa shape index (κ3) is 2.05. The fourth-order valence-corrected chi connectivity index (χ4v) is 7.40. The second-order valence-corrected chi connectivity index (χ2v) is 9.58. The van der Waals surface area contributed by atoms with Crippen molar-refractivity contribution in [3.05, 3.63) is 0 Å². The predicted octanol–water partition coefficient (Wildman–Crippen LogP) is 4.14. The summed E-state index contributed by atoms with van der Waals surface area (Å²) in [6, 6.07) is 0. The minimum atomic E-state index is -0.0640. The molecule has 0 amide bonds. The third-order valence-corrected chi connectivity index (χ3v) is 8.83. The Morgan fingerprint density at radius 1 is 0.773 bits per heavy atom. The van der Waals surface area contributed by atoms with Gasteiger partial charge in [0.05, 0.1) is 12.2 Å². The van der Waals surface area contributed by atoms with Crippen molar-refractivity contribution in [3.63, 3.8) is 0 Å². The number of hydrogen-bond donors (Lipinski definition) is 2. The van der Waals surface area contributed by atoms with Crippen LogP contribution in [0, 0.1) is 34.5 Å². The lowest BCUT2D eigenvalue weighted by Gasteiger charge is -2.63. The van der Waals surface area contributed by atoms with Gasteiger partial charge >= 0.3 is 0 Å². The molecule has 2 heteroatoms. The normalized spacial score (nSPS) is 58.4. The van der Waals surface area contributed by atoms with Crippen LogP contribution in [-0.4, -0.2) is 22.4 Å². The maximum Gasteiger partial charge on any atom is 0.0596 e. The lowest BCUT2D eigenvalue weighted by Crippen LogP contribution is -2.57. The van der Waals surface area contributed by atoms with Crippen molar-refractivity contribution in [2.24, 2.45) is 34.5 Å². The van der Waals surface area contributed by atoms with Crippen molar-refractivity contribution < 1.29 is 10.2 Å². The van der Waals surface area contributed by atoms with E-state index in [0.29, 0.717) is 5.41 Å². The quantitative estimate of drug-likeness (QED) is 0.706. The molecule has 0 heterocycles. The molecule has 8 atom stereocenters. The monoisotopic (exact) mass is 306 g/mol. The molecule has 22 heavy (non-hydrogen) atoms. The van der Waals surface area contributed by atoms with Gasteiger partial charge in [-0.15, -0.1) is 0 Å². The highest BCUT2D eigenvalue weighted by atomic mass is 16.3. The Kier molecular flexibility index (Phi) is 3.66. The van der Waals surface area contributed by atoms with Gasteiger partial charge in [-0.1, -0.05) is 20.3 Å². The first kappa shape index (κ1) is 15.4. The average Bonchev–Trinajstić information content (AvgIpc) is 2.49. The van der Waals surface area contributed by atoms with Crippen LogP contribution in [0.3, 0.4) is 0 Å². The predicted molar refractivity (Wildman–Crippen MR) is 88.4 cm³/mol. The zero-order valence-corrected chi connectivity index (χ0v) is 14.4. The molecule has 2 N–H and O–H groups in total. The largest absolute Gasteiger partial charge is 0.393 e. The van der Waals surface area contributed by atoms with E-state index in [1.807, 2.05) is 0 Å². The molecule has 0 aromatic heterocycles. The summed E-state index contributed by atoms with van der Waals surface area (Å²) in [5.41, 5.74) is 0.655. The summed E-state index contributed by atoms with van der Waals surface area (Å²) < 4.78 is 0. The Bertz CT molecular complexity index is 435. The van der Waals surface area contributed by atoms with Gasteiger partial charge in [0.1, 0.15) is 0 Å². The average molecular weight is 306 g/mol. The number of fused-ring (bicyclic) bond motifs is 5. The summed E-state index contributed by atoms with van der Waals surface area (Å²) in [6.07, 6.45) is 12.0. The molecule has 0 unspecified atom stereocenters. The van der Waals surface area contributed by atoms with Crippen molar-refractivity contribution >= 4 is 0 Å². The van der Waals surface area contributed by atoms with Gasteiger partial charge in [-0.05, 0) is 92.3 Å². The maximum atomic E-state index is 10.7. The Hall–Kier alpha value is -0.0800. The van der Waals surface area contributed by atoms with Crippen LogP contribution in [0.2, 0.25) is 0 Å². The Morgan fingerprint density at radius 3 is 2.32 bits per heavy atom. The molecule has 2 nitrogen and oxygen atoms in total. The summed E-state index contributed by atoms with van der Waals surface area (Å²) >= 11 is 0. The molecule has 0 aromatic rings. The van der Waals surface area contributed by atoms with E-state index in [0.717, 1.165) is 42.9 Å². The minimum Gasteiger partial charge on any atom is -0.393 e. The van der Waals surface area contributed by atoms with Gasteiger partial charge < -0.3 is 10.2 Å². The lowest BCUT2D eigenvalue weighted by atomic mass is 9.43. The van der Waals surface area contributed by atoms with E-state index in [1.165, 1.54) is 44.9 Å². The van der Waals surface area contributed by atoms with Crippen LogP contribution in [0.1, 0.15) is 78.1 Å². The van der Waals surface area contributed by atoms with Crippen LogP contribution in [0.25, 0.3) is 0 Å². The highest BCUT2D eigenvalue weighted by molar-refractivity contribution is 5.08. The number of aliphatic hydroxyl groups excluding tert-OH is 2. The van der Waals surface area contributed by atoms with Crippen LogP contribution in [0.4, 0.5) is 0 Å². The Balaban J connectivity index is 1.62. The number of rotatable bonds is 0. The molecule has 0 aromatic carbocycles. The number of aliphatic hydroxyl groups is 2. The van der Waals surface area contributed by atoms with Gasteiger partial charge in [-0.3, -0.25) is 0 Å². The second-order valence-electron chi connectivity index (χ2n) is 9.58. The summed E-state index contributed by atoms with van der Waals surface area (Å²) in [4.78, 5) is 0. The van der Waals surface area contributed by atoms with Crippen LogP contribution in [0.5, 0.6) is 0 Å². The molecule has 0 bridgehead atoms. The molecule has 0 radical (unpaired) electrons. The van der Waals surface area contributed by atoms with Crippen molar-refractivity contribution in [1.82, 2.24) is 0 Å². The fourth-order valence-electron chi connectivity index (χ4n) is 7.40. The van der Waals surface area contributed by atoms with Crippen LogP contribution in [-0.2, 0) is 0 Å². The lowest BCUT2D eigenvalue weighted by molar-refractivity contribution is -0.165. The maximum absolute atomic E-state index is 10.7. The molecule has 4 aliphatic carbocycles. The molecule has 4 fully saturated rings. The molecule has 126 valence electrons. The Labute approximate surface area is 135 Å². The van der Waals surface area contributed by atoms with Crippen molar-refractivity contribution in [3.8, 4) is 0 Å². The standard InChI is InChI=1S/C20H34O2/c1-19-10-8-14(21)12-13(19)6-7-15-16-4-3-5-18(22)20(16,2)11-9-17(15)19/h13-18,21-22H,3-12H2,1-2H3/t13-,14-,15-,16+,17-,18-,19+,20+/m1/s1. The SMILES string of the molecule is C[C@]12CC[C@@H](O)C[C@H]1CC[C@H]1[C@H]2CC[C@]2(C)[C@H](O)CCC[C@@H]12. The molecule has 4 aliphatic rings. The van der Waals surface area contributed by atoms with E-state index in [1.54, 1.807) is 0 Å².